The number of morpholine rings is 1. The molecule has 3 aromatic rings. The quantitative estimate of drug-likeness (QED) is 0.434. The first-order valence-electron chi connectivity index (χ1n) is 10.9. The minimum Gasteiger partial charge on any atom is -0.391 e. The van der Waals surface area contributed by atoms with E-state index in [9.17, 15) is 9.90 Å². The van der Waals surface area contributed by atoms with Crippen LogP contribution >= 0.6 is 0 Å². The Morgan fingerprint density at radius 2 is 1.73 bits per heavy atom. The highest BCUT2D eigenvalue weighted by molar-refractivity contribution is 5.95. The molecular formula is C24H28N6O3. The van der Waals surface area contributed by atoms with Gasteiger partial charge in [-0.25, -0.2) is 9.97 Å². The zero-order valence-electron chi connectivity index (χ0n) is 18.4. The average molecular weight is 449 g/mol. The van der Waals surface area contributed by atoms with E-state index in [1.807, 2.05) is 30.3 Å². The van der Waals surface area contributed by atoms with E-state index >= 15 is 0 Å². The van der Waals surface area contributed by atoms with E-state index in [1.54, 1.807) is 18.3 Å². The highest BCUT2D eigenvalue weighted by Crippen LogP contribution is 2.23. The summed E-state index contributed by atoms with van der Waals surface area (Å²) in [5, 5.41) is 15.4. The van der Waals surface area contributed by atoms with Gasteiger partial charge in [0.2, 0.25) is 11.9 Å². The molecule has 1 amide bonds. The lowest BCUT2D eigenvalue weighted by atomic mass is 10.1. The van der Waals surface area contributed by atoms with Gasteiger partial charge in [0.15, 0.2) is 0 Å². The lowest BCUT2D eigenvalue weighted by Crippen LogP contribution is -2.43. The van der Waals surface area contributed by atoms with Gasteiger partial charge in [0.05, 0.1) is 25.0 Å². The molecule has 4 rings (SSSR count). The number of amides is 1. The molecule has 0 saturated carbocycles. The molecule has 172 valence electrons. The Morgan fingerprint density at radius 1 is 1.06 bits per heavy atom. The van der Waals surface area contributed by atoms with E-state index in [4.69, 9.17) is 10.5 Å². The summed E-state index contributed by atoms with van der Waals surface area (Å²) >= 11 is 0. The highest BCUT2D eigenvalue weighted by atomic mass is 16.5. The van der Waals surface area contributed by atoms with Crippen LogP contribution in [0.4, 0.5) is 23.0 Å². The summed E-state index contributed by atoms with van der Waals surface area (Å²) in [6.07, 6.45) is 0.774. The number of nitrogens with two attached hydrogens (primary N) is 1. The SMILES string of the molecule is CC(O)[C@H](N)C(=O)Nc1ccc(-c2ccnc(Nc3ccc(N4CCOCC4)cc3)n2)cc1. The highest BCUT2D eigenvalue weighted by Gasteiger charge is 2.18. The first-order chi connectivity index (χ1) is 16.0. The summed E-state index contributed by atoms with van der Waals surface area (Å²) in [5.74, 6) is 0.0535. The zero-order chi connectivity index (χ0) is 23.2. The lowest BCUT2D eigenvalue weighted by molar-refractivity contribution is -0.119. The summed E-state index contributed by atoms with van der Waals surface area (Å²) in [4.78, 5) is 23.2. The van der Waals surface area contributed by atoms with Gasteiger partial charge in [-0.15, -0.1) is 0 Å². The number of anilines is 4. The van der Waals surface area contributed by atoms with Crippen LogP contribution in [0, 0.1) is 0 Å². The molecule has 2 aromatic carbocycles. The van der Waals surface area contributed by atoms with Gasteiger partial charge in [-0.2, -0.15) is 0 Å². The Labute approximate surface area is 192 Å². The van der Waals surface area contributed by atoms with E-state index in [0.717, 1.165) is 43.2 Å². The third kappa shape index (κ3) is 5.83. The summed E-state index contributed by atoms with van der Waals surface area (Å²) in [6, 6.07) is 16.3. The van der Waals surface area contributed by atoms with Crippen molar-refractivity contribution in [3.63, 3.8) is 0 Å². The molecule has 2 atom stereocenters. The van der Waals surface area contributed by atoms with Crippen LogP contribution in [-0.2, 0) is 9.53 Å². The Morgan fingerprint density at radius 3 is 2.39 bits per heavy atom. The summed E-state index contributed by atoms with van der Waals surface area (Å²) < 4.78 is 5.41. The third-order valence-corrected chi connectivity index (χ3v) is 5.43. The topological polar surface area (TPSA) is 126 Å². The summed E-state index contributed by atoms with van der Waals surface area (Å²) in [5.41, 5.74) is 9.94. The number of hydrogen-bond acceptors (Lipinski definition) is 8. The van der Waals surface area contributed by atoms with E-state index in [-0.39, 0.29) is 0 Å². The van der Waals surface area contributed by atoms with Crippen LogP contribution in [0.2, 0.25) is 0 Å². The molecule has 0 radical (unpaired) electrons. The fourth-order valence-electron chi connectivity index (χ4n) is 3.45. The molecule has 0 spiro atoms. The molecule has 0 aliphatic carbocycles. The first kappa shape index (κ1) is 22.7. The van der Waals surface area contributed by atoms with Crippen molar-refractivity contribution in [3.8, 4) is 11.3 Å². The minimum absolute atomic E-state index is 0.439. The van der Waals surface area contributed by atoms with Crippen LogP contribution < -0.4 is 21.3 Å². The molecule has 1 aliphatic rings. The molecule has 1 aromatic heterocycles. The van der Waals surface area contributed by atoms with E-state index in [0.29, 0.717) is 11.6 Å². The summed E-state index contributed by atoms with van der Waals surface area (Å²) in [6.45, 7) is 4.78. The maximum atomic E-state index is 12.0. The Hall–Kier alpha value is -3.53. The summed E-state index contributed by atoms with van der Waals surface area (Å²) in [7, 11) is 0. The van der Waals surface area contributed by atoms with Crippen molar-refractivity contribution < 1.29 is 14.6 Å². The number of aliphatic hydroxyl groups is 1. The number of hydrogen-bond donors (Lipinski definition) is 4. The van der Waals surface area contributed by atoms with Crippen molar-refractivity contribution in [3.05, 3.63) is 60.8 Å². The second-order valence-electron chi connectivity index (χ2n) is 7.87. The standard InChI is InChI=1S/C24H28N6O3/c1-16(31)22(25)23(32)27-18-4-2-17(3-5-18)21-10-11-26-24(29-21)28-19-6-8-20(9-7-19)30-12-14-33-15-13-30/h2-11,16,22,31H,12-15,25H2,1H3,(H,27,32)(H,26,28,29)/t16?,22-/m0/s1. The largest absolute Gasteiger partial charge is 0.391 e. The molecular weight excluding hydrogens is 420 g/mol. The van der Waals surface area contributed by atoms with Crippen molar-refractivity contribution in [2.24, 2.45) is 5.73 Å². The molecule has 1 fully saturated rings. The van der Waals surface area contributed by atoms with E-state index < -0.39 is 18.1 Å². The molecule has 2 heterocycles. The predicted octanol–water partition coefficient (Wildman–Crippen LogP) is 2.37. The first-order valence-corrected chi connectivity index (χ1v) is 10.9. The Bertz CT molecular complexity index is 1070. The third-order valence-electron chi connectivity index (χ3n) is 5.43. The zero-order valence-corrected chi connectivity index (χ0v) is 18.4. The molecule has 0 bridgehead atoms. The van der Waals surface area contributed by atoms with Crippen LogP contribution in [0.3, 0.4) is 0 Å². The maximum Gasteiger partial charge on any atom is 0.243 e. The molecule has 9 nitrogen and oxygen atoms in total. The van der Waals surface area contributed by atoms with Crippen LogP contribution in [0.15, 0.2) is 60.8 Å². The Kier molecular flexibility index (Phi) is 7.13. The lowest BCUT2D eigenvalue weighted by Gasteiger charge is -2.28. The fraction of sp³-hybridized carbons (Fsp3) is 0.292. The number of rotatable bonds is 7. The van der Waals surface area contributed by atoms with Gasteiger partial charge in [-0.1, -0.05) is 12.1 Å². The fourth-order valence-corrected chi connectivity index (χ4v) is 3.45. The number of nitrogens with one attached hydrogen (secondary N) is 2. The smallest absolute Gasteiger partial charge is 0.243 e. The maximum absolute atomic E-state index is 12.0. The predicted molar refractivity (Wildman–Crippen MR) is 129 cm³/mol. The van der Waals surface area contributed by atoms with Gasteiger partial charge >= 0.3 is 0 Å². The van der Waals surface area contributed by atoms with Crippen molar-refractivity contribution in [2.45, 2.75) is 19.1 Å². The minimum atomic E-state index is -0.983. The van der Waals surface area contributed by atoms with Gasteiger partial charge in [0.25, 0.3) is 0 Å². The number of aliphatic hydroxyl groups excluding tert-OH is 1. The number of nitrogens with zero attached hydrogens (tertiary/aromatic N) is 3. The second kappa shape index (κ2) is 10.4. The van der Waals surface area contributed by atoms with Gasteiger partial charge in [0, 0.05) is 41.9 Å². The van der Waals surface area contributed by atoms with Crippen molar-refractivity contribution in [1.29, 1.82) is 0 Å². The van der Waals surface area contributed by atoms with Crippen molar-refractivity contribution >= 4 is 28.9 Å². The molecule has 33 heavy (non-hydrogen) atoms. The molecule has 1 saturated heterocycles. The van der Waals surface area contributed by atoms with Crippen LogP contribution in [-0.4, -0.2) is 59.4 Å². The number of carbonyl (C=O) groups is 1. The second-order valence-corrected chi connectivity index (χ2v) is 7.87. The van der Waals surface area contributed by atoms with Gasteiger partial charge in [0.1, 0.15) is 6.04 Å². The van der Waals surface area contributed by atoms with E-state index in [2.05, 4.69) is 37.6 Å². The van der Waals surface area contributed by atoms with Crippen molar-refractivity contribution in [2.75, 3.05) is 41.8 Å². The van der Waals surface area contributed by atoms with Crippen LogP contribution in [0.25, 0.3) is 11.3 Å². The monoisotopic (exact) mass is 448 g/mol. The molecule has 9 heteroatoms. The van der Waals surface area contributed by atoms with Gasteiger partial charge in [-0.3, -0.25) is 4.79 Å². The number of ether oxygens (including phenoxy) is 1. The number of aromatic nitrogens is 2. The molecule has 5 N–H and O–H groups in total. The van der Waals surface area contributed by atoms with E-state index in [1.165, 1.54) is 12.6 Å². The Balaban J connectivity index is 1.41. The van der Waals surface area contributed by atoms with Crippen molar-refractivity contribution in [1.82, 2.24) is 9.97 Å². The normalized spacial score (nSPS) is 15.5. The molecule has 1 unspecified atom stereocenters. The molecule has 1 aliphatic heterocycles. The number of benzene rings is 2. The average Bonchev–Trinajstić information content (AvgIpc) is 2.85. The van der Waals surface area contributed by atoms with Crippen LogP contribution in [0.1, 0.15) is 6.92 Å². The van der Waals surface area contributed by atoms with Gasteiger partial charge in [-0.05, 0) is 49.4 Å². The number of carbonyl (C=O) groups excluding carboxylic acids is 1. The van der Waals surface area contributed by atoms with Gasteiger partial charge < -0.3 is 31.1 Å². The van der Waals surface area contributed by atoms with Crippen LogP contribution in [0.5, 0.6) is 0 Å².